The van der Waals surface area contributed by atoms with Crippen LogP contribution >= 0.6 is 15.9 Å². The second-order valence-corrected chi connectivity index (χ2v) is 6.36. The van der Waals surface area contributed by atoms with E-state index in [0.717, 1.165) is 5.56 Å². The summed E-state index contributed by atoms with van der Waals surface area (Å²) in [6.45, 7) is 1.87. The van der Waals surface area contributed by atoms with E-state index in [-0.39, 0.29) is 11.6 Å². The van der Waals surface area contributed by atoms with E-state index < -0.39 is 5.91 Å². The summed E-state index contributed by atoms with van der Waals surface area (Å²) in [6, 6.07) is 14.7. The van der Waals surface area contributed by atoms with Gasteiger partial charge in [-0.25, -0.2) is 0 Å². The van der Waals surface area contributed by atoms with Crippen LogP contribution in [0.3, 0.4) is 0 Å². The highest BCUT2D eigenvalue weighted by Crippen LogP contribution is 2.34. The summed E-state index contributed by atoms with van der Waals surface area (Å²) in [7, 11) is 3.07. The highest BCUT2D eigenvalue weighted by atomic mass is 79.9. The van der Waals surface area contributed by atoms with Crippen LogP contribution in [-0.2, 0) is 4.79 Å². The second kappa shape index (κ2) is 9.07. The number of nitrogens with zero attached hydrogens (tertiary/aromatic N) is 1. The fourth-order valence-electron chi connectivity index (χ4n) is 2.38. The van der Waals surface area contributed by atoms with E-state index in [2.05, 4.69) is 21.2 Å². The second-order valence-electron chi connectivity index (χ2n) is 5.50. The molecule has 1 unspecified atom stereocenters. The van der Waals surface area contributed by atoms with Crippen LogP contribution in [0.25, 0.3) is 6.08 Å². The van der Waals surface area contributed by atoms with Crippen LogP contribution in [0.5, 0.6) is 11.5 Å². The molecule has 0 aliphatic carbocycles. The van der Waals surface area contributed by atoms with E-state index >= 15 is 0 Å². The molecule has 2 aromatic carbocycles. The van der Waals surface area contributed by atoms with Gasteiger partial charge in [-0.3, -0.25) is 4.79 Å². The lowest BCUT2D eigenvalue weighted by Crippen LogP contribution is -2.27. The van der Waals surface area contributed by atoms with Gasteiger partial charge in [0, 0.05) is 4.47 Å². The summed E-state index contributed by atoms with van der Waals surface area (Å²) in [4.78, 5) is 12.5. The molecular formula is C20H19BrN2O3. The number of nitrogens with one attached hydrogen (secondary N) is 1. The minimum Gasteiger partial charge on any atom is -0.493 e. The molecule has 1 atom stereocenters. The van der Waals surface area contributed by atoms with Crippen LogP contribution in [0.1, 0.15) is 24.1 Å². The van der Waals surface area contributed by atoms with Crippen molar-refractivity contribution in [2.45, 2.75) is 13.0 Å². The highest BCUT2D eigenvalue weighted by Gasteiger charge is 2.15. The van der Waals surface area contributed by atoms with Crippen LogP contribution in [0.4, 0.5) is 0 Å². The fourth-order valence-corrected chi connectivity index (χ4v) is 2.82. The number of halogens is 1. The fraction of sp³-hybridized carbons (Fsp3) is 0.200. The van der Waals surface area contributed by atoms with Crippen molar-refractivity contribution in [2.24, 2.45) is 0 Å². The topological polar surface area (TPSA) is 71.3 Å². The third-order valence-electron chi connectivity index (χ3n) is 3.81. The molecule has 0 bridgehead atoms. The van der Waals surface area contributed by atoms with Gasteiger partial charge in [0.25, 0.3) is 5.91 Å². The first-order valence-electron chi connectivity index (χ1n) is 7.89. The summed E-state index contributed by atoms with van der Waals surface area (Å²) < 4.78 is 11.2. The predicted molar refractivity (Wildman–Crippen MR) is 104 cm³/mol. The molecule has 2 rings (SSSR count). The SMILES string of the molecule is COc1cc(Br)c(/C=C(\C#N)C(=O)NC(C)c2ccccc2)cc1OC. The third-order valence-corrected chi connectivity index (χ3v) is 4.50. The Morgan fingerprint density at radius 1 is 1.19 bits per heavy atom. The molecule has 5 nitrogen and oxygen atoms in total. The number of amides is 1. The zero-order valence-electron chi connectivity index (χ0n) is 14.7. The molecule has 1 amide bonds. The largest absolute Gasteiger partial charge is 0.493 e. The number of carbonyl (C=O) groups excluding carboxylic acids is 1. The molecule has 0 aliphatic rings. The molecule has 0 fully saturated rings. The van der Waals surface area contributed by atoms with E-state index in [0.29, 0.717) is 21.5 Å². The minimum atomic E-state index is -0.439. The molecular weight excluding hydrogens is 396 g/mol. The van der Waals surface area contributed by atoms with Crippen molar-refractivity contribution in [3.63, 3.8) is 0 Å². The standard InChI is InChI=1S/C20H19BrN2O3/c1-13(14-7-5-4-6-8-14)23-20(24)16(12-22)9-15-10-18(25-2)19(26-3)11-17(15)21/h4-11,13H,1-3H3,(H,23,24)/b16-9+. The van der Waals surface area contributed by atoms with Gasteiger partial charge >= 0.3 is 0 Å². The smallest absolute Gasteiger partial charge is 0.262 e. The van der Waals surface area contributed by atoms with Crippen LogP contribution in [-0.4, -0.2) is 20.1 Å². The van der Waals surface area contributed by atoms with Gasteiger partial charge in [0.2, 0.25) is 0 Å². The van der Waals surface area contributed by atoms with Crippen molar-refractivity contribution in [2.75, 3.05) is 14.2 Å². The Bertz CT molecular complexity index is 857. The van der Waals surface area contributed by atoms with E-state index in [1.165, 1.54) is 13.2 Å². The molecule has 1 N–H and O–H groups in total. The maximum Gasteiger partial charge on any atom is 0.262 e. The van der Waals surface area contributed by atoms with Gasteiger partial charge in [0.1, 0.15) is 11.6 Å². The van der Waals surface area contributed by atoms with Gasteiger partial charge in [-0.2, -0.15) is 5.26 Å². The number of benzene rings is 2. The maximum absolute atomic E-state index is 12.5. The van der Waals surface area contributed by atoms with Crippen molar-refractivity contribution >= 4 is 27.9 Å². The number of carbonyl (C=O) groups is 1. The summed E-state index contributed by atoms with van der Waals surface area (Å²) in [5.41, 5.74) is 1.60. The van der Waals surface area contributed by atoms with Crippen LogP contribution in [0.15, 0.2) is 52.5 Å². The number of hydrogen-bond acceptors (Lipinski definition) is 4. The summed E-state index contributed by atoms with van der Waals surface area (Å²) in [5.74, 6) is 0.625. The molecule has 0 aromatic heterocycles. The molecule has 0 radical (unpaired) electrons. The van der Waals surface area contributed by atoms with E-state index in [1.807, 2.05) is 43.3 Å². The average Bonchev–Trinajstić information content (AvgIpc) is 2.67. The Hall–Kier alpha value is -2.78. The number of methoxy groups -OCH3 is 2. The van der Waals surface area contributed by atoms with Crippen molar-refractivity contribution in [3.8, 4) is 17.6 Å². The van der Waals surface area contributed by atoms with Crippen LogP contribution < -0.4 is 14.8 Å². The Morgan fingerprint density at radius 2 is 1.81 bits per heavy atom. The van der Waals surface area contributed by atoms with Gasteiger partial charge in [-0.15, -0.1) is 0 Å². The van der Waals surface area contributed by atoms with Crippen molar-refractivity contribution < 1.29 is 14.3 Å². The first kappa shape index (κ1) is 19.5. The Morgan fingerprint density at radius 3 is 2.38 bits per heavy atom. The van der Waals surface area contributed by atoms with E-state index in [4.69, 9.17) is 9.47 Å². The molecule has 134 valence electrons. The lowest BCUT2D eigenvalue weighted by molar-refractivity contribution is -0.117. The number of nitriles is 1. The first-order valence-corrected chi connectivity index (χ1v) is 8.68. The van der Waals surface area contributed by atoms with Crippen molar-refractivity contribution in [3.05, 3.63) is 63.6 Å². The van der Waals surface area contributed by atoms with Crippen LogP contribution in [0, 0.1) is 11.3 Å². The van der Waals surface area contributed by atoms with E-state index in [1.54, 1.807) is 19.2 Å². The third kappa shape index (κ3) is 4.64. The average molecular weight is 415 g/mol. The minimum absolute atomic E-state index is 0.000649. The summed E-state index contributed by atoms with van der Waals surface area (Å²) >= 11 is 3.42. The first-order chi connectivity index (χ1) is 12.5. The quantitative estimate of drug-likeness (QED) is 0.566. The number of hydrogen-bond donors (Lipinski definition) is 1. The molecule has 0 aliphatic heterocycles. The lowest BCUT2D eigenvalue weighted by Gasteiger charge is -2.14. The zero-order chi connectivity index (χ0) is 19.1. The summed E-state index contributed by atoms with van der Waals surface area (Å²) in [5, 5.41) is 12.2. The normalized spacial score (nSPS) is 12.0. The van der Waals surface area contributed by atoms with Gasteiger partial charge in [-0.1, -0.05) is 46.3 Å². The molecule has 26 heavy (non-hydrogen) atoms. The van der Waals surface area contributed by atoms with Crippen molar-refractivity contribution in [1.82, 2.24) is 5.32 Å². The molecule has 0 spiro atoms. The molecule has 0 saturated heterocycles. The van der Waals surface area contributed by atoms with E-state index in [9.17, 15) is 10.1 Å². The number of rotatable bonds is 6. The molecule has 0 heterocycles. The number of ether oxygens (including phenoxy) is 2. The van der Waals surface area contributed by atoms with Gasteiger partial charge < -0.3 is 14.8 Å². The Kier molecular flexibility index (Phi) is 6.81. The van der Waals surface area contributed by atoms with Gasteiger partial charge in [0.15, 0.2) is 11.5 Å². The molecule has 2 aromatic rings. The molecule has 6 heteroatoms. The zero-order valence-corrected chi connectivity index (χ0v) is 16.3. The lowest BCUT2D eigenvalue weighted by atomic mass is 10.1. The Labute approximate surface area is 161 Å². The predicted octanol–water partition coefficient (Wildman–Crippen LogP) is 4.25. The summed E-state index contributed by atoms with van der Waals surface area (Å²) in [6.07, 6.45) is 1.51. The maximum atomic E-state index is 12.5. The van der Waals surface area contributed by atoms with Crippen molar-refractivity contribution in [1.29, 1.82) is 5.26 Å². The van der Waals surface area contributed by atoms with Gasteiger partial charge in [-0.05, 0) is 36.3 Å². The van der Waals surface area contributed by atoms with Gasteiger partial charge in [0.05, 0.1) is 20.3 Å². The monoisotopic (exact) mass is 414 g/mol. The van der Waals surface area contributed by atoms with Crippen LogP contribution in [0.2, 0.25) is 0 Å². The Balaban J connectivity index is 2.27. The highest BCUT2D eigenvalue weighted by molar-refractivity contribution is 9.10. The molecule has 0 saturated carbocycles.